The number of halogens is 2. The van der Waals surface area contributed by atoms with Crippen LogP contribution in [0.1, 0.15) is 10.4 Å². The lowest BCUT2D eigenvalue weighted by Gasteiger charge is -2.01. The smallest absolute Gasteiger partial charge is 0.332 e. The molecule has 0 bridgehead atoms. The van der Waals surface area contributed by atoms with Crippen LogP contribution in [-0.4, -0.2) is 23.6 Å². The van der Waals surface area contributed by atoms with E-state index in [1.54, 1.807) is 6.07 Å². The Balaban J connectivity index is 2.54. The zero-order chi connectivity index (χ0) is 11.4. The molecule has 15 heavy (non-hydrogen) atoms. The van der Waals surface area contributed by atoms with Crippen LogP contribution in [0, 0.1) is 0 Å². The number of carboxylic acids is 1. The van der Waals surface area contributed by atoms with E-state index in [0.29, 0.717) is 9.35 Å². The van der Waals surface area contributed by atoms with Crippen molar-refractivity contribution in [2.24, 2.45) is 0 Å². The topological polar surface area (TPSA) is 75.6 Å². The maximum atomic E-state index is 11.4. The first-order valence-corrected chi connectivity index (χ1v) is 5.99. The zero-order valence-electron chi connectivity index (χ0n) is 7.12. The van der Waals surface area contributed by atoms with E-state index in [0.717, 1.165) is 3.79 Å². The average molecular weight is 359 g/mol. The first-order valence-electron chi connectivity index (χ1n) is 3.59. The normalized spacial score (nSPS) is 10.0. The van der Waals surface area contributed by atoms with Gasteiger partial charge in [-0.3, -0.25) is 9.63 Å². The fourth-order valence-electron chi connectivity index (χ4n) is 0.713. The highest BCUT2D eigenvalue weighted by atomic mass is 79.9. The van der Waals surface area contributed by atoms with Gasteiger partial charge in [0.05, 0.1) is 13.1 Å². The van der Waals surface area contributed by atoms with Gasteiger partial charge in [0.25, 0.3) is 5.91 Å². The second-order valence-corrected chi connectivity index (χ2v) is 6.10. The van der Waals surface area contributed by atoms with Crippen molar-refractivity contribution in [3.63, 3.8) is 0 Å². The highest BCUT2D eigenvalue weighted by Crippen LogP contribution is 2.31. The number of nitrogens with one attached hydrogen (secondary N) is 1. The fourth-order valence-corrected chi connectivity index (χ4v) is 3.51. The molecule has 1 heterocycles. The molecule has 0 aliphatic rings. The van der Waals surface area contributed by atoms with E-state index in [9.17, 15) is 9.59 Å². The third-order valence-corrected chi connectivity index (χ3v) is 3.60. The molecule has 0 aromatic carbocycles. The third kappa shape index (κ3) is 3.90. The van der Waals surface area contributed by atoms with Crippen molar-refractivity contribution in [1.82, 2.24) is 5.48 Å². The van der Waals surface area contributed by atoms with Gasteiger partial charge in [-0.25, -0.2) is 10.3 Å². The minimum absolute atomic E-state index is 0.386. The molecule has 5 nitrogen and oxygen atoms in total. The minimum Gasteiger partial charge on any atom is -0.479 e. The molecule has 0 saturated heterocycles. The number of carbonyl (C=O) groups excluding carboxylic acids is 1. The van der Waals surface area contributed by atoms with Crippen LogP contribution in [0.5, 0.6) is 0 Å². The number of hydrogen-bond acceptors (Lipinski definition) is 4. The maximum Gasteiger partial charge on any atom is 0.332 e. The Morgan fingerprint density at radius 3 is 2.67 bits per heavy atom. The number of carbonyl (C=O) groups is 2. The van der Waals surface area contributed by atoms with E-state index in [1.165, 1.54) is 11.3 Å². The Labute approximate surface area is 106 Å². The largest absolute Gasteiger partial charge is 0.479 e. The Morgan fingerprint density at radius 1 is 1.53 bits per heavy atom. The molecule has 0 radical (unpaired) electrons. The molecule has 1 aromatic heterocycles. The van der Waals surface area contributed by atoms with Gasteiger partial charge < -0.3 is 5.11 Å². The Hall–Kier alpha value is -0.440. The molecule has 1 rings (SSSR count). The van der Waals surface area contributed by atoms with Crippen LogP contribution in [0.3, 0.4) is 0 Å². The zero-order valence-corrected chi connectivity index (χ0v) is 11.1. The van der Waals surface area contributed by atoms with Crippen LogP contribution < -0.4 is 5.48 Å². The van der Waals surface area contributed by atoms with Gasteiger partial charge >= 0.3 is 5.97 Å². The lowest BCUT2D eigenvalue weighted by Crippen LogP contribution is -2.26. The average Bonchev–Trinajstić information content (AvgIpc) is 2.44. The predicted octanol–water partition coefficient (Wildman–Crippen LogP) is 2.02. The highest BCUT2D eigenvalue weighted by molar-refractivity contribution is 9.12. The molecular weight excluding hydrogens is 354 g/mol. The van der Waals surface area contributed by atoms with Crippen molar-refractivity contribution in [3.05, 3.63) is 19.2 Å². The lowest BCUT2D eigenvalue weighted by atomic mass is 10.3. The van der Waals surface area contributed by atoms with Gasteiger partial charge in [-0.1, -0.05) is 0 Å². The van der Waals surface area contributed by atoms with Crippen LogP contribution in [0.15, 0.2) is 13.6 Å². The van der Waals surface area contributed by atoms with Gasteiger partial charge in [0.2, 0.25) is 0 Å². The first kappa shape index (κ1) is 12.6. The molecule has 0 saturated carbocycles. The van der Waals surface area contributed by atoms with E-state index < -0.39 is 18.5 Å². The number of carboxylic acid groups (broad SMARTS) is 1. The van der Waals surface area contributed by atoms with Crippen LogP contribution in [0.4, 0.5) is 0 Å². The molecule has 82 valence electrons. The van der Waals surface area contributed by atoms with E-state index in [-0.39, 0.29) is 0 Å². The number of hydrogen-bond donors (Lipinski definition) is 2. The monoisotopic (exact) mass is 357 g/mol. The number of thiophene rings is 1. The number of amides is 1. The van der Waals surface area contributed by atoms with Crippen molar-refractivity contribution in [2.75, 3.05) is 6.61 Å². The van der Waals surface area contributed by atoms with Crippen LogP contribution >= 0.6 is 43.2 Å². The van der Waals surface area contributed by atoms with Crippen LogP contribution in [-0.2, 0) is 9.63 Å². The maximum absolute atomic E-state index is 11.4. The molecule has 1 amide bonds. The Bertz CT molecular complexity index is 392. The summed E-state index contributed by atoms with van der Waals surface area (Å²) in [5.41, 5.74) is 2.41. The standard InChI is InChI=1S/C7H5Br2NO4S/c8-4-1-3(6(9)15-4)7(13)10-14-2-5(11)12/h1H,2H2,(H,10,13)(H,11,12). The quantitative estimate of drug-likeness (QED) is 0.807. The first-order chi connectivity index (χ1) is 7.00. The second kappa shape index (κ2) is 5.59. The molecule has 0 fully saturated rings. The summed E-state index contributed by atoms with van der Waals surface area (Å²) in [6.07, 6.45) is 0. The van der Waals surface area contributed by atoms with Crippen molar-refractivity contribution in [2.45, 2.75) is 0 Å². The summed E-state index contributed by atoms with van der Waals surface area (Å²) < 4.78 is 1.43. The van der Waals surface area contributed by atoms with Gasteiger partial charge in [0.15, 0.2) is 6.61 Å². The third-order valence-electron chi connectivity index (χ3n) is 1.26. The summed E-state index contributed by atoms with van der Waals surface area (Å²) in [6.45, 7) is -0.575. The van der Waals surface area contributed by atoms with Crippen molar-refractivity contribution >= 4 is 55.1 Å². The summed E-state index contributed by atoms with van der Waals surface area (Å²) in [7, 11) is 0. The summed E-state index contributed by atoms with van der Waals surface area (Å²) in [6, 6.07) is 1.61. The molecule has 0 aliphatic heterocycles. The molecule has 2 N–H and O–H groups in total. The second-order valence-electron chi connectivity index (χ2n) is 2.35. The van der Waals surface area contributed by atoms with E-state index >= 15 is 0 Å². The SMILES string of the molecule is O=C(O)CONC(=O)c1cc(Br)sc1Br. The summed E-state index contributed by atoms with van der Waals surface area (Å²) in [4.78, 5) is 25.9. The van der Waals surface area contributed by atoms with E-state index in [2.05, 4.69) is 36.7 Å². The predicted molar refractivity (Wildman–Crippen MR) is 60.8 cm³/mol. The van der Waals surface area contributed by atoms with Crippen molar-refractivity contribution < 1.29 is 19.5 Å². The molecular formula is C7H5Br2NO4S. The highest BCUT2D eigenvalue weighted by Gasteiger charge is 2.13. The van der Waals surface area contributed by atoms with E-state index in [4.69, 9.17) is 5.11 Å². The molecule has 0 atom stereocenters. The molecule has 0 unspecified atom stereocenters. The summed E-state index contributed by atoms with van der Waals surface area (Å²) >= 11 is 7.75. The molecule has 8 heteroatoms. The molecule has 0 aliphatic carbocycles. The van der Waals surface area contributed by atoms with E-state index in [1.807, 2.05) is 5.48 Å². The van der Waals surface area contributed by atoms with Gasteiger partial charge in [-0.15, -0.1) is 11.3 Å². The summed E-state index contributed by atoms with van der Waals surface area (Å²) in [5.74, 6) is -1.65. The van der Waals surface area contributed by atoms with Crippen LogP contribution in [0.2, 0.25) is 0 Å². The van der Waals surface area contributed by atoms with Gasteiger partial charge in [-0.2, -0.15) is 0 Å². The van der Waals surface area contributed by atoms with Gasteiger partial charge in [-0.05, 0) is 37.9 Å². The minimum atomic E-state index is -1.15. The lowest BCUT2D eigenvalue weighted by molar-refractivity contribution is -0.144. The molecule has 0 spiro atoms. The molecule has 1 aromatic rings. The van der Waals surface area contributed by atoms with Crippen LogP contribution in [0.25, 0.3) is 0 Å². The number of hydroxylamine groups is 1. The van der Waals surface area contributed by atoms with Crippen molar-refractivity contribution in [3.8, 4) is 0 Å². The Kier molecular flexibility index (Phi) is 4.71. The van der Waals surface area contributed by atoms with Crippen molar-refractivity contribution in [1.29, 1.82) is 0 Å². The van der Waals surface area contributed by atoms with Gasteiger partial charge in [0.1, 0.15) is 0 Å². The summed E-state index contributed by atoms with van der Waals surface area (Å²) in [5, 5.41) is 8.26. The fraction of sp³-hybridized carbons (Fsp3) is 0.143. The number of aliphatic carboxylic acids is 1. The Morgan fingerprint density at radius 2 is 2.20 bits per heavy atom. The van der Waals surface area contributed by atoms with Gasteiger partial charge in [0, 0.05) is 0 Å². The number of rotatable bonds is 4.